The maximum absolute atomic E-state index is 12.1. The summed E-state index contributed by atoms with van der Waals surface area (Å²) in [5.41, 5.74) is 0. The lowest BCUT2D eigenvalue weighted by molar-refractivity contribution is -0.142. The van der Waals surface area contributed by atoms with Crippen LogP contribution in [0, 0.1) is 11.8 Å². The van der Waals surface area contributed by atoms with Crippen molar-refractivity contribution in [1.82, 2.24) is 25.0 Å². The fourth-order valence-corrected chi connectivity index (χ4v) is 2.48. The summed E-state index contributed by atoms with van der Waals surface area (Å²) in [5.74, 6) is -0.733. The lowest BCUT2D eigenvalue weighted by Crippen LogP contribution is -2.40. The van der Waals surface area contributed by atoms with Crippen molar-refractivity contribution < 1.29 is 14.7 Å². The molecule has 20 heavy (non-hydrogen) atoms. The molecule has 1 aromatic heterocycles. The minimum atomic E-state index is -0.853. The Bertz CT molecular complexity index is 515. The van der Waals surface area contributed by atoms with Gasteiger partial charge in [0.05, 0.1) is 12.0 Å². The number of carbonyl (C=O) groups excluding carboxylic acids is 1. The summed E-state index contributed by atoms with van der Waals surface area (Å²) in [5, 5.41) is 19.6. The second kappa shape index (κ2) is 5.48. The van der Waals surface area contributed by atoms with Gasteiger partial charge >= 0.3 is 12.0 Å². The Kier molecular flexibility index (Phi) is 3.91. The monoisotopic (exact) mass is 281 g/mol. The first-order valence-electron chi connectivity index (χ1n) is 6.52. The number of likely N-dealkylation sites (tertiary alicyclic amines) is 1. The van der Waals surface area contributed by atoms with Gasteiger partial charge in [-0.15, -0.1) is 10.2 Å². The van der Waals surface area contributed by atoms with Crippen LogP contribution in [0.15, 0.2) is 6.33 Å². The van der Waals surface area contributed by atoms with Crippen molar-refractivity contribution in [3.8, 4) is 0 Å². The van der Waals surface area contributed by atoms with Crippen molar-refractivity contribution in [2.75, 3.05) is 13.1 Å². The standard InChI is InChI=1S/C12H19N5O3/c1-7-4-17(5-9(7)11(18)19)12(20)14-8(2)10-15-13-6-16(10)3/h6-9H,4-5H2,1-3H3,(H,14,20)(H,18,19)/t7-,8?,9-/m1/s1. The first-order valence-corrected chi connectivity index (χ1v) is 6.52. The molecule has 1 aliphatic heterocycles. The van der Waals surface area contributed by atoms with Crippen molar-refractivity contribution in [2.45, 2.75) is 19.9 Å². The van der Waals surface area contributed by atoms with Crippen LogP contribution in [0.25, 0.3) is 0 Å². The number of carbonyl (C=O) groups is 2. The van der Waals surface area contributed by atoms with Crippen molar-refractivity contribution in [1.29, 1.82) is 0 Å². The summed E-state index contributed by atoms with van der Waals surface area (Å²) in [6, 6.07) is -0.551. The van der Waals surface area contributed by atoms with Gasteiger partial charge in [-0.1, -0.05) is 6.92 Å². The van der Waals surface area contributed by atoms with Crippen LogP contribution < -0.4 is 5.32 Å². The van der Waals surface area contributed by atoms with Gasteiger partial charge in [0.25, 0.3) is 0 Å². The quantitative estimate of drug-likeness (QED) is 0.826. The molecule has 1 aliphatic rings. The molecule has 0 spiro atoms. The molecule has 2 N–H and O–H groups in total. The lowest BCUT2D eigenvalue weighted by atomic mass is 9.99. The molecule has 2 rings (SSSR count). The molecule has 8 heteroatoms. The predicted octanol–water partition coefficient (Wildman–Crippen LogP) is 0.238. The Balaban J connectivity index is 1.96. The van der Waals surface area contributed by atoms with Crippen LogP contribution in [0.4, 0.5) is 4.79 Å². The second-order valence-electron chi connectivity index (χ2n) is 5.30. The van der Waals surface area contributed by atoms with E-state index in [0.717, 1.165) is 0 Å². The number of aryl methyl sites for hydroxylation is 1. The molecule has 2 heterocycles. The Morgan fingerprint density at radius 3 is 2.70 bits per heavy atom. The van der Waals surface area contributed by atoms with Gasteiger partial charge in [0.2, 0.25) is 0 Å². The number of nitrogens with zero attached hydrogens (tertiary/aromatic N) is 4. The molecule has 0 bridgehead atoms. The zero-order valence-electron chi connectivity index (χ0n) is 11.8. The Morgan fingerprint density at radius 1 is 1.50 bits per heavy atom. The number of urea groups is 1. The first kappa shape index (κ1) is 14.3. The van der Waals surface area contributed by atoms with E-state index in [0.29, 0.717) is 12.4 Å². The van der Waals surface area contributed by atoms with Crippen molar-refractivity contribution in [3.05, 3.63) is 12.2 Å². The number of carboxylic acids is 1. The van der Waals surface area contributed by atoms with E-state index in [4.69, 9.17) is 5.11 Å². The Hall–Kier alpha value is -2.12. The fourth-order valence-electron chi connectivity index (χ4n) is 2.48. The number of amides is 2. The zero-order chi connectivity index (χ0) is 14.9. The number of hydrogen-bond acceptors (Lipinski definition) is 4. The maximum atomic E-state index is 12.1. The molecule has 1 fully saturated rings. The van der Waals surface area contributed by atoms with Gasteiger partial charge in [0.15, 0.2) is 5.82 Å². The van der Waals surface area contributed by atoms with Crippen LogP contribution in [0.1, 0.15) is 25.7 Å². The van der Waals surface area contributed by atoms with E-state index in [1.54, 1.807) is 17.9 Å². The molecule has 0 saturated carbocycles. The van der Waals surface area contributed by atoms with Gasteiger partial charge < -0.3 is 19.9 Å². The van der Waals surface area contributed by atoms with E-state index in [1.807, 2.05) is 13.8 Å². The number of carboxylic acid groups (broad SMARTS) is 1. The minimum Gasteiger partial charge on any atom is -0.481 e. The average Bonchev–Trinajstić information content (AvgIpc) is 2.95. The second-order valence-corrected chi connectivity index (χ2v) is 5.30. The Labute approximate surface area is 116 Å². The highest BCUT2D eigenvalue weighted by Crippen LogP contribution is 2.23. The largest absolute Gasteiger partial charge is 0.481 e. The number of rotatable bonds is 3. The smallest absolute Gasteiger partial charge is 0.318 e. The normalized spacial score (nSPS) is 23.6. The highest BCUT2D eigenvalue weighted by atomic mass is 16.4. The van der Waals surface area contributed by atoms with E-state index in [9.17, 15) is 9.59 Å². The van der Waals surface area contributed by atoms with Crippen molar-refractivity contribution in [2.24, 2.45) is 18.9 Å². The van der Waals surface area contributed by atoms with Crippen LogP contribution >= 0.6 is 0 Å². The first-order chi connectivity index (χ1) is 9.40. The molecule has 0 aromatic carbocycles. The van der Waals surface area contributed by atoms with Gasteiger partial charge in [-0.3, -0.25) is 4.79 Å². The van der Waals surface area contributed by atoms with Gasteiger partial charge in [-0.25, -0.2) is 4.79 Å². The van der Waals surface area contributed by atoms with E-state index >= 15 is 0 Å². The zero-order valence-corrected chi connectivity index (χ0v) is 11.8. The summed E-state index contributed by atoms with van der Waals surface area (Å²) in [7, 11) is 1.80. The third kappa shape index (κ3) is 2.73. The molecule has 1 unspecified atom stereocenters. The van der Waals surface area contributed by atoms with Crippen LogP contribution in [0.2, 0.25) is 0 Å². The molecule has 0 aliphatic carbocycles. The van der Waals surface area contributed by atoms with Gasteiger partial charge in [0, 0.05) is 20.1 Å². The molecule has 1 saturated heterocycles. The van der Waals surface area contributed by atoms with Crippen molar-refractivity contribution in [3.63, 3.8) is 0 Å². The third-order valence-corrected chi connectivity index (χ3v) is 3.69. The minimum absolute atomic E-state index is 0.0385. The summed E-state index contributed by atoms with van der Waals surface area (Å²) in [4.78, 5) is 24.7. The van der Waals surface area contributed by atoms with E-state index in [1.165, 1.54) is 4.90 Å². The van der Waals surface area contributed by atoms with Crippen molar-refractivity contribution >= 4 is 12.0 Å². The average molecular weight is 281 g/mol. The van der Waals surface area contributed by atoms with Gasteiger partial charge in [0.1, 0.15) is 6.33 Å². The topological polar surface area (TPSA) is 100 Å². The van der Waals surface area contributed by atoms with Crippen LogP contribution in [0.3, 0.4) is 0 Å². The number of aromatic nitrogens is 3. The van der Waals surface area contributed by atoms with E-state index < -0.39 is 11.9 Å². The summed E-state index contributed by atoms with van der Waals surface area (Å²) in [6.45, 7) is 4.36. The fraction of sp³-hybridized carbons (Fsp3) is 0.667. The lowest BCUT2D eigenvalue weighted by Gasteiger charge is -2.20. The van der Waals surface area contributed by atoms with Gasteiger partial charge in [-0.2, -0.15) is 0 Å². The SMILES string of the molecule is CC(NC(=O)N1C[C@@H](C)[C@H](C(=O)O)C1)c1nncn1C. The molecule has 3 atom stereocenters. The number of hydrogen-bond donors (Lipinski definition) is 2. The predicted molar refractivity (Wildman–Crippen MR) is 69.8 cm³/mol. The number of nitrogens with one attached hydrogen (secondary N) is 1. The van der Waals surface area contributed by atoms with E-state index in [-0.39, 0.29) is 24.5 Å². The van der Waals surface area contributed by atoms with E-state index in [2.05, 4.69) is 15.5 Å². The Morgan fingerprint density at radius 2 is 2.20 bits per heavy atom. The molecule has 0 radical (unpaired) electrons. The third-order valence-electron chi connectivity index (χ3n) is 3.69. The summed E-state index contributed by atoms with van der Waals surface area (Å²) in [6.07, 6.45) is 1.57. The maximum Gasteiger partial charge on any atom is 0.318 e. The summed E-state index contributed by atoms with van der Waals surface area (Å²) >= 11 is 0. The van der Waals surface area contributed by atoms with Crippen LogP contribution in [0.5, 0.6) is 0 Å². The summed E-state index contributed by atoms with van der Waals surface area (Å²) < 4.78 is 1.73. The van der Waals surface area contributed by atoms with Crippen LogP contribution in [-0.2, 0) is 11.8 Å². The number of aliphatic carboxylic acids is 1. The van der Waals surface area contributed by atoms with Gasteiger partial charge in [-0.05, 0) is 12.8 Å². The highest BCUT2D eigenvalue weighted by Gasteiger charge is 2.37. The van der Waals surface area contributed by atoms with Crippen LogP contribution in [-0.4, -0.2) is 49.9 Å². The molecule has 1 aromatic rings. The molecule has 2 amide bonds. The molecule has 110 valence electrons. The molecular formula is C12H19N5O3. The molecular weight excluding hydrogens is 262 g/mol. The molecule has 8 nitrogen and oxygen atoms in total. The highest BCUT2D eigenvalue weighted by molar-refractivity contribution is 5.77.